The summed E-state index contributed by atoms with van der Waals surface area (Å²) in [5.74, 6) is -2.07. The van der Waals surface area contributed by atoms with Crippen molar-refractivity contribution >= 4 is 29.3 Å². The van der Waals surface area contributed by atoms with E-state index in [1.165, 1.54) is 45.1 Å². The Morgan fingerprint density at radius 2 is 1.74 bits per heavy atom. The number of hydrazine groups is 1. The third kappa shape index (κ3) is 6.59. The van der Waals surface area contributed by atoms with Gasteiger partial charge in [-0.3, -0.25) is 29.3 Å². The van der Waals surface area contributed by atoms with E-state index < -0.39 is 34.6 Å². The molecule has 46 heavy (non-hydrogen) atoms. The van der Waals surface area contributed by atoms with Gasteiger partial charge >= 0.3 is 0 Å². The number of benzene rings is 3. The van der Waals surface area contributed by atoms with Gasteiger partial charge in [-0.25, -0.2) is 10.0 Å². The molecule has 0 radical (unpaired) electrons. The number of para-hydroxylation sites is 1. The highest BCUT2D eigenvalue weighted by Gasteiger charge is 2.51. The van der Waals surface area contributed by atoms with E-state index in [2.05, 4.69) is 6.58 Å². The van der Waals surface area contributed by atoms with Crippen molar-refractivity contribution in [3.63, 3.8) is 0 Å². The van der Waals surface area contributed by atoms with Crippen LogP contribution in [-0.2, 0) is 33.8 Å². The first-order valence-electron chi connectivity index (χ1n) is 14.7. The number of amides is 4. The highest BCUT2D eigenvalue weighted by molar-refractivity contribution is 5.97. The maximum atomic E-state index is 14.2. The molecule has 0 aliphatic carbocycles. The zero-order valence-electron chi connectivity index (χ0n) is 25.0. The second kappa shape index (κ2) is 13.6. The molecule has 2 atom stereocenters. The number of phenolic OH excluding ortho intramolecular Hbond substituents is 1. The van der Waals surface area contributed by atoms with Gasteiger partial charge in [-0.2, -0.15) is 0 Å². The molecule has 3 aromatic rings. The molecule has 0 spiro atoms. The Kier molecular flexibility index (Phi) is 9.42. The van der Waals surface area contributed by atoms with Crippen LogP contribution in [0.1, 0.15) is 33.5 Å². The summed E-state index contributed by atoms with van der Waals surface area (Å²) in [7, 11) is 0. The normalized spacial score (nSPS) is 18.3. The van der Waals surface area contributed by atoms with Gasteiger partial charge in [0.2, 0.25) is 17.7 Å². The number of hydrogen-bond acceptors (Lipinski definition) is 8. The molecule has 2 saturated heterocycles. The van der Waals surface area contributed by atoms with Gasteiger partial charge in [0.25, 0.3) is 11.6 Å². The Hall–Kier alpha value is -5.56. The Morgan fingerprint density at radius 3 is 2.39 bits per heavy atom. The monoisotopic (exact) mass is 626 g/mol. The summed E-state index contributed by atoms with van der Waals surface area (Å²) < 4.78 is 0. The summed E-state index contributed by atoms with van der Waals surface area (Å²) in [5.41, 5.74) is 6.32. The van der Waals surface area contributed by atoms with Crippen molar-refractivity contribution in [2.45, 2.75) is 38.0 Å². The summed E-state index contributed by atoms with van der Waals surface area (Å²) in [6, 6.07) is 18.8. The number of nitro benzene ring substituents is 1. The molecule has 0 saturated carbocycles. The molecule has 2 fully saturated rings. The summed E-state index contributed by atoms with van der Waals surface area (Å²) in [6.07, 6.45) is 1.29. The molecule has 13 heteroatoms. The number of aryl methyl sites for hydroxylation is 1. The third-order valence-electron chi connectivity index (χ3n) is 8.19. The number of piperazine rings is 1. The predicted octanol–water partition coefficient (Wildman–Crippen LogP) is 2.39. The maximum absolute atomic E-state index is 14.2. The summed E-state index contributed by atoms with van der Waals surface area (Å²) in [4.78, 5) is 68.1. The molecule has 3 N–H and O–H groups in total. The number of fused-ring (bicyclic) bond motifs is 1. The fourth-order valence-corrected chi connectivity index (χ4v) is 6.11. The lowest BCUT2D eigenvalue weighted by Gasteiger charge is -2.55. The number of nitrogens with two attached hydrogens (primary N) is 1. The number of rotatable bonds is 11. The van der Waals surface area contributed by atoms with Gasteiger partial charge in [0.15, 0.2) is 0 Å². The van der Waals surface area contributed by atoms with Gasteiger partial charge in [0.05, 0.1) is 30.1 Å². The first-order chi connectivity index (χ1) is 22.1. The third-order valence-corrected chi connectivity index (χ3v) is 8.19. The van der Waals surface area contributed by atoms with Crippen LogP contribution >= 0.6 is 0 Å². The van der Waals surface area contributed by atoms with E-state index in [-0.39, 0.29) is 67.7 Å². The number of aromatic hydroxyl groups is 1. The van der Waals surface area contributed by atoms with Crippen LogP contribution in [-0.4, -0.2) is 85.3 Å². The molecule has 5 rings (SSSR count). The minimum Gasteiger partial charge on any atom is -0.508 e. The minimum absolute atomic E-state index is 0.0316. The van der Waals surface area contributed by atoms with Gasteiger partial charge < -0.3 is 20.6 Å². The molecule has 2 aliphatic rings. The molecule has 4 amide bonds. The number of carbonyl (C=O) groups is 4. The van der Waals surface area contributed by atoms with Crippen molar-refractivity contribution in [2.24, 2.45) is 5.73 Å². The molecular weight excluding hydrogens is 592 g/mol. The van der Waals surface area contributed by atoms with E-state index in [4.69, 9.17) is 5.73 Å². The Morgan fingerprint density at radius 1 is 1.02 bits per heavy atom. The standard InChI is InChI=1S/C33H34N6O7/c1-2-17-36-21-30(42)37-27(18-23-11-14-25(40)15-12-23)33(44)35(19-24-9-6-10-26(32(34)43)31(24)39(45)46)20-28(37)38(36)29(41)16-13-22-7-4-3-5-8-22/h2-12,14-15,27-28,40H,1,13,16-21H2,(H2,34,43)/t27-,28-/m0/s1. The van der Waals surface area contributed by atoms with Crippen molar-refractivity contribution in [3.05, 3.63) is 118 Å². The van der Waals surface area contributed by atoms with Crippen LogP contribution in [0, 0.1) is 10.1 Å². The van der Waals surface area contributed by atoms with Crippen molar-refractivity contribution in [3.8, 4) is 5.75 Å². The molecule has 2 aliphatic heterocycles. The summed E-state index contributed by atoms with van der Waals surface area (Å²) in [5, 5.41) is 25.0. The van der Waals surface area contributed by atoms with Gasteiger partial charge in [-0.1, -0.05) is 60.7 Å². The predicted molar refractivity (Wildman–Crippen MR) is 167 cm³/mol. The quantitative estimate of drug-likeness (QED) is 0.186. The highest BCUT2D eigenvalue weighted by Crippen LogP contribution is 2.32. The second-order valence-electron chi connectivity index (χ2n) is 11.2. The Balaban J connectivity index is 1.55. The fourth-order valence-electron chi connectivity index (χ4n) is 6.11. The van der Waals surface area contributed by atoms with Crippen molar-refractivity contribution < 1.29 is 29.2 Å². The van der Waals surface area contributed by atoms with Crippen molar-refractivity contribution in [1.82, 2.24) is 19.8 Å². The molecule has 2 heterocycles. The van der Waals surface area contributed by atoms with Crippen molar-refractivity contribution in [2.75, 3.05) is 19.6 Å². The van der Waals surface area contributed by atoms with Crippen LogP contribution < -0.4 is 5.73 Å². The SMILES string of the molecule is C=CCN1CC(=O)N2[C@@H](Cc3ccc(O)cc3)C(=O)N(Cc3cccc(C(N)=O)c3[N+](=O)[O-])C[C@@H]2N1C(=O)CCc1ccccc1. The van der Waals surface area contributed by atoms with Gasteiger partial charge in [-0.05, 0) is 35.7 Å². The lowest BCUT2D eigenvalue weighted by Crippen LogP contribution is -2.75. The first-order valence-corrected chi connectivity index (χ1v) is 14.7. The van der Waals surface area contributed by atoms with Crippen LogP contribution in [0.4, 0.5) is 5.69 Å². The van der Waals surface area contributed by atoms with Gasteiger partial charge in [0, 0.05) is 19.4 Å². The summed E-state index contributed by atoms with van der Waals surface area (Å²) in [6.45, 7) is 3.41. The Labute approximate surface area is 265 Å². The van der Waals surface area contributed by atoms with E-state index in [0.29, 0.717) is 12.0 Å². The molecule has 238 valence electrons. The molecule has 3 aromatic carbocycles. The summed E-state index contributed by atoms with van der Waals surface area (Å²) >= 11 is 0. The maximum Gasteiger partial charge on any atom is 0.287 e. The van der Waals surface area contributed by atoms with Crippen LogP contribution in [0.25, 0.3) is 0 Å². The van der Waals surface area contributed by atoms with E-state index in [1.54, 1.807) is 23.2 Å². The van der Waals surface area contributed by atoms with Crippen molar-refractivity contribution in [1.29, 1.82) is 0 Å². The zero-order chi connectivity index (χ0) is 33.0. The average Bonchev–Trinajstić information content (AvgIpc) is 3.03. The highest BCUT2D eigenvalue weighted by atomic mass is 16.6. The molecule has 0 bridgehead atoms. The van der Waals surface area contributed by atoms with E-state index in [0.717, 1.165) is 5.56 Å². The second-order valence-corrected chi connectivity index (χ2v) is 11.2. The Bertz CT molecular complexity index is 1660. The van der Waals surface area contributed by atoms with E-state index in [1.807, 2.05) is 30.3 Å². The molecular formula is C33H34N6O7. The minimum atomic E-state index is -1.07. The van der Waals surface area contributed by atoms with Gasteiger partial charge in [-0.15, -0.1) is 6.58 Å². The number of carbonyl (C=O) groups excluding carboxylic acids is 4. The van der Waals surface area contributed by atoms with Crippen LogP contribution in [0.5, 0.6) is 5.75 Å². The average molecular weight is 627 g/mol. The van der Waals surface area contributed by atoms with Crippen LogP contribution in [0.3, 0.4) is 0 Å². The number of nitrogens with zero attached hydrogens (tertiary/aromatic N) is 5. The lowest BCUT2D eigenvalue weighted by atomic mass is 9.97. The van der Waals surface area contributed by atoms with E-state index >= 15 is 0 Å². The van der Waals surface area contributed by atoms with Crippen LogP contribution in [0.2, 0.25) is 0 Å². The topological polar surface area (TPSA) is 171 Å². The lowest BCUT2D eigenvalue weighted by molar-refractivity contribution is -0.386. The smallest absolute Gasteiger partial charge is 0.287 e. The first kappa shape index (κ1) is 31.9. The number of primary amides is 1. The molecule has 13 nitrogen and oxygen atoms in total. The fraction of sp³-hybridized carbons (Fsp3) is 0.273. The van der Waals surface area contributed by atoms with Gasteiger partial charge in [0.1, 0.15) is 23.5 Å². The largest absolute Gasteiger partial charge is 0.508 e. The number of phenols is 1. The van der Waals surface area contributed by atoms with E-state index in [9.17, 15) is 34.4 Å². The molecule has 0 aromatic heterocycles. The number of hydrogen-bond donors (Lipinski definition) is 2. The zero-order valence-corrected chi connectivity index (χ0v) is 25.0. The molecule has 0 unspecified atom stereocenters. The number of nitro groups is 1. The van der Waals surface area contributed by atoms with Crippen LogP contribution in [0.15, 0.2) is 85.5 Å².